The Morgan fingerprint density at radius 2 is 2.06 bits per heavy atom. The summed E-state index contributed by atoms with van der Waals surface area (Å²) in [6, 6.07) is 7.11. The fourth-order valence-corrected chi connectivity index (χ4v) is 6.59. The molecule has 1 fully saturated rings. The molecule has 1 amide bonds. The second-order valence-corrected chi connectivity index (χ2v) is 10.8. The molecule has 1 N–H and O–H groups in total. The van der Waals surface area contributed by atoms with E-state index in [0.29, 0.717) is 15.9 Å². The van der Waals surface area contributed by atoms with Crippen LogP contribution in [0, 0.1) is 18.6 Å². The molecule has 2 aromatic rings. The first-order valence-corrected chi connectivity index (χ1v) is 12.5. The molecule has 4 rings (SSSR count). The molecule has 2 aromatic carbocycles. The van der Waals surface area contributed by atoms with Gasteiger partial charge in [0.1, 0.15) is 11.6 Å². The zero-order valence-electron chi connectivity index (χ0n) is 16.3. The molecule has 0 aromatic heterocycles. The first-order chi connectivity index (χ1) is 14.6. The maximum absolute atomic E-state index is 14.5. The number of hydrogen-bond donors (Lipinski definition) is 1. The van der Waals surface area contributed by atoms with Gasteiger partial charge in [0.05, 0.1) is 35.0 Å². The van der Waals surface area contributed by atoms with Gasteiger partial charge in [-0.25, -0.2) is 17.2 Å². The molecule has 0 saturated carbocycles. The van der Waals surface area contributed by atoms with Crippen LogP contribution in [0.4, 0.5) is 20.2 Å². The fourth-order valence-electron chi connectivity index (χ4n) is 3.65. The van der Waals surface area contributed by atoms with E-state index in [1.165, 1.54) is 11.0 Å². The summed E-state index contributed by atoms with van der Waals surface area (Å²) in [5.41, 5.74) is 1.34. The number of rotatable bonds is 4. The molecule has 1 saturated heterocycles. The van der Waals surface area contributed by atoms with E-state index in [-0.39, 0.29) is 28.9 Å². The molecule has 11 heteroatoms. The van der Waals surface area contributed by atoms with Gasteiger partial charge in [0.2, 0.25) is 5.91 Å². The molecule has 2 aliphatic rings. The number of sulfone groups is 1. The molecule has 164 valence electrons. The van der Waals surface area contributed by atoms with Gasteiger partial charge in [-0.1, -0.05) is 29.4 Å². The molecule has 0 radical (unpaired) electrons. The van der Waals surface area contributed by atoms with Crippen molar-refractivity contribution in [2.75, 3.05) is 27.5 Å². The Balaban J connectivity index is 1.54. The standard InChI is InChI=1S/C20H18ClF2N3O3S2/c1-11-13(21)3-2-4-15(11)24-19(27)8-30-20-25-16-9-31(28,29)10-18(16)26(20)17-6-5-12(22)7-14(17)23/h2-7,16,18H,8-10H2,1H3,(H,24,27). The van der Waals surface area contributed by atoms with Gasteiger partial charge in [-0.15, -0.1) is 0 Å². The number of carbonyl (C=O) groups excluding carboxylic acids is 1. The molecule has 0 spiro atoms. The molecular formula is C20H18ClF2N3O3S2. The predicted molar refractivity (Wildman–Crippen MR) is 120 cm³/mol. The number of hydrogen-bond acceptors (Lipinski definition) is 6. The lowest BCUT2D eigenvalue weighted by Gasteiger charge is -2.26. The summed E-state index contributed by atoms with van der Waals surface area (Å²) in [5, 5.41) is 3.63. The molecule has 31 heavy (non-hydrogen) atoms. The Morgan fingerprint density at radius 1 is 1.29 bits per heavy atom. The van der Waals surface area contributed by atoms with E-state index in [9.17, 15) is 22.0 Å². The van der Waals surface area contributed by atoms with Crippen molar-refractivity contribution in [1.29, 1.82) is 0 Å². The predicted octanol–water partition coefficient (Wildman–Crippen LogP) is 3.64. The van der Waals surface area contributed by atoms with Crippen LogP contribution in [0.5, 0.6) is 0 Å². The lowest BCUT2D eigenvalue weighted by atomic mass is 10.1. The highest BCUT2D eigenvalue weighted by Gasteiger charge is 2.47. The van der Waals surface area contributed by atoms with Crippen molar-refractivity contribution in [1.82, 2.24) is 0 Å². The lowest BCUT2D eigenvalue weighted by Crippen LogP contribution is -2.40. The first-order valence-electron chi connectivity index (χ1n) is 9.35. The minimum Gasteiger partial charge on any atom is -0.325 e. The number of halogens is 3. The van der Waals surface area contributed by atoms with Gasteiger partial charge < -0.3 is 10.2 Å². The highest BCUT2D eigenvalue weighted by Crippen LogP contribution is 2.36. The number of benzene rings is 2. The van der Waals surface area contributed by atoms with Crippen LogP contribution >= 0.6 is 23.4 Å². The quantitative estimate of drug-likeness (QED) is 0.715. The van der Waals surface area contributed by atoms with E-state index in [1.807, 2.05) is 0 Å². The number of anilines is 2. The molecule has 6 nitrogen and oxygen atoms in total. The minimum absolute atomic E-state index is 0.0309. The average molecular weight is 486 g/mol. The number of carbonyl (C=O) groups is 1. The second kappa shape index (κ2) is 8.40. The lowest BCUT2D eigenvalue weighted by molar-refractivity contribution is -0.113. The number of nitrogens with zero attached hydrogens (tertiary/aromatic N) is 2. The third-order valence-electron chi connectivity index (χ3n) is 5.15. The van der Waals surface area contributed by atoms with Crippen LogP contribution in [0.3, 0.4) is 0 Å². The van der Waals surface area contributed by atoms with E-state index in [0.717, 1.165) is 29.5 Å². The van der Waals surface area contributed by atoms with Crippen LogP contribution in [0.2, 0.25) is 5.02 Å². The Hall–Kier alpha value is -2.17. The van der Waals surface area contributed by atoms with Crippen molar-refractivity contribution in [3.05, 3.63) is 58.6 Å². The Morgan fingerprint density at radius 3 is 2.81 bits per heavy atom. The summed E-state index contributed by atoms with van der Waals surface area (Å²) in [4.78, 5) is 18.4. The maximum atomic E-state index is 14.5. The summed E-state index contributed by atoms with van der Waals surface area (Å²) in [7, 11) is -3.32. The summed E-state index contributed by atoms with van der Waals surface area (Å²) >= 11 is 7.14. The normalized spacial score (nSPS) is 21.7. The van der Waals surface area contributed by atoms with E-state index in [2.05, 4.69) is 10.3 Å². The zero-order chi connectivity index (χ0) is 22.3. The van der Waals surface area contributed by atoms with Gasteiger partial charge in [0.25, 0.3) is 0 Å². The Bertz CT molecular complexity index is 1190. The smallest absolute Gasteiger partial charge is 0.234 e. The van der Waals surface area contributed by atoms with Crippen LogP contribution in [-0.4, -0.2) is 48.8 Å². The Kier molecular flexibility index (Phi) is 5.97. The highest BCUT2D eigenvalue weighted by molar-refractivity contribution is 8.14. The van der Waals surface area contributed by atoms with Crippen LogP contribution in [0.15, 0.2) is 41.4 Å². The van der Waals surface area contributed by atoms with Crippen molar-refractivity contribution in [3.63, 3.8) is 0 Å². The topological polar surface area (TPSA) is 78.8 Å². The number of nitrogens with one attached hydrogen (secondary N) is 1. The van der Waals surface area contributed by atoms with Gasteiger partial charge in [0, 0.05) is 16.8 Å². The van der Waals surface area contributed by atoms with Crippen LogP contribution in [-0.2, 0) is 14.6 Å². The summed E-state index contributed by atoms with van der Waals surface area (Å²) in [5.74, 6) is -2.24. The van der Waals surface area contributed by atoms with E-state index < -0.39 is 33.6 Å². The average Bonchev–Trinajstić information content (AvgIpc) is 3.15. The van der Waals surface area contributed by atoms with Crippen molar-refractivity contribution < 1.29 is 22.0 Å². The van der Waals surface area contributed by atoms with Crippen LogP contribution in [0.25, 0.3) is 0 Å². The van der Waals surface area contributed by atoms with Crippen LogP contribution < -0.4 is 10.2 Å². The van der Waals surface area contributed by atoms with E-state index in [4.69, 9.17) is 11.6 Å². The first kappa shape index (κ1) is 22.0. The van der Waals surface area contributed by atoms with Crippen molar-refractivity contribution in [3.8, 4) is 0 Å². The zero-order valence-corrected chi connectivity index (χ0v) is 18.7. The maximum Gasteiger partial charge on any atom is 0.234 e. The largest absolute Gasteiger partial charge is 0.325 e. The molecule has 0 aliphatic carbocycles. The van der Waals surface area contributed by atoms with Crippen molar-refractivity contribution in [2.45, 2.75) is 19.0 Å². The molecule has 2 heterocycles. The second-order valence-electron chi connectivity index (χ2n) is 7.34. The Labute approximate surface area is 187 Å². The summed E-state index contributed by atoms with van der Waals surface area (Å²) in [6.07, 6.45) is 0. The van der Waals surface area contributed by atoms with E-state index in [1.54, 1.807) is 25.1 Å². The highest BCUT2D eigenvalue weighted by atomic mass is 35.5. The molecule has 2 unspecified atom stereocenters. The number of aliphatic imine (C=N–C) groups is 1. The monoisotopic (exact) mass is 485 g/mol. The van der Waals surface area contributed by atoms with Crippen molar-refractivity contribution in [2.24, 2.45) is 4.99 Å². The van der Waals surface area contributed by atoms with Crippen molar-refractivity contribution >= 4 is 55.6 Å². The summed E-state index contributed by atoms with van der Waals surface area (Å²) < 4.78 is 52.0. The minimum atomic E-state index is -3.32. The summed E-state index contributed by atoms with van der Waals surface area (Å²) in [6.45, 7) is 1.78. The van der Waals surface area contributed by atoms with E-state index >= 15 is 0 Å². The van der Waals surface area contributed by atoms with Crippen LogP contribution in [0.1, 0.15) is 5.56 Å². The SMILES string of the molecule is Cc1c(Cl)cccc1NC(=O)CSC1=NC2CS(=O)(=O)CC2N1c1ccc(F)cc1F. The number of amides is 1. The number of fused-ring (bicyclic) bond motifs is 1. The third kappa shape index (κ3) is 4.56. The van der Waals surface area contributed by atoms with Gasteiger partial charge in [-0.2, -0.15) is 0 Å². The third-order valence-corrected chi connectivity index (χ3v) is 8.23. The fraction of sp³-hybridized carbons (Fsp3) is 0.300. The van der Waals surface area contributed by atoms with Gasteiger partial charge in [-0.3, -0.25) is 9.79 Å². The van der Waals surface area contributed by atoms with Gasteiger partial charge >= 0.3 is 0 Å². The molecule has 0 bridgehead atoms. The molecular weight excluding hydrogens is 468 g/mol. The number of thioether (sulfide) groups is 1. The number of amidine groups is 1. The van der Waals surface area contributed by atoms with Gasteiger partial charge in [0.15, 0.2) is 15.0 Å². The molecule has 2 aliphatic heterocycles. The van der Waals surface area contributed by atoms with Gasteiger partial charge in [-0.05, 0) is 36.8 Å². The molecule has 2 atom stereocenters.